The lowest BCUT2D eigenvalue weighted by molar-refractivity contribution is -0.137. The molecule has 0 aliphatic rings. The van der Waals surface area contributed by atoms with E-state index in [2.05, 4.69) is 5.32 Å². The lowest BCUT2D eigenvalue weighted by atomic mass is 10.1. The highest BCUT2D eigenvalue weighted by Gasteiger charge is 2.32. The van der Waals surface area contributed by atoms with Gasteiger partial charge in [-0.25, -0.2) is 8.42 Å². The maximum absolute atomic E-state index is 13.5. The Morgan fingerprint density at radius 1 is 0.912 bits per heavy atom. The molecule has 0 heterocycles. The summed E-state index contributed by atoms with van der Waals surface area (Å²) in [4.78, 5) is 12.8. The molecule has 1 N–H and O–H groups in total. The molecule has 180 valence electrons. The first kappa shape index (κ1) is 25.6. The minimum atomic E-state index is -4.63. The van der Waals surface area contributed by atoms with Crippen LogP contribution < -0.4 is 9.62 Å². The van der Waals surface area contributed by atoms with Gasteiger partial charge in [-0.1, -0.05) is 35.4 Å². The van der Waals surface area contributed by atoms with Crippen molar-refractivity contribution in [2.75, 3.05) is 16.2 Å². The van der Waals surface area contributed by atoms with Gasteiger partial charge in [0.2, 0.25) is 5.91 Å². The second-order valence-electron chi connectivity index (χ2n) is 7.91. The van der Waals surface area contributed by atoms with Gasteiger partial charge in [0.25, 0.3) is 10.0 Å². The molecule has 0 aromatic heterocycles. The number of benzene rings is 3. The van der Waals surface area contributed by atoms with Crippen LogP contribution in [0.5, 0.6) is 0 Å². The number of carbonyl (C=O) groups excluding carboxylic acids is 1. The summed E-state index contributed by atoms with van der Waals surface area (Å²) in [6.45, 7) is 4.71. The summed E-state index contributed by atoms with van der Waals surface area (Å²) in [5.74, 6) is -0.851. The number of rotatable bonds is 6. The summed E-state index contributed by atoms with van der Waals surface area (Å²) in [7, 11) is -4.17. The summed E-state index contributed by atoms with van der Waals surface area (Å²) < 4.78 is 67.1. The number of aryl methyl sites for hydroxylation is 3. The summed E-state index contributed by atoms with van der Waals surface area (Å²) >= 11 is 5.97. The van der Waals surface area contributed by atoms with Crippen LogP contribution in [0, 0.1) is 20.8 Å². The standard InChI is InChI=1S/C24H22ClF3N2O3S/c1-15-4-7-20(8-5-15)34(32,33)30(19-11-16(2)10-17(3)12-19)14-23(31)29-22-13-18(24(26,27)28)6-9-21(22)25/h4-13H,14H2,1-3H3,(H,29,31). The van der Waals surface area contributed by atoms with Gasteiger partial charge in [0.1, 0.15) is 6.54 Å². The fraction of sp³-hybridized carbons (Fsp3) is 0.208. The van der Waals surface area contributed by atoms with Crippen molar-refractivity contribution in [3.05, 3.63) is 87.9 Å². The Morgan fingerprint density at radius 3 is 2.06 bits per heavy atom. The summed E-state index contributed by atoms with van der Waals surface area (Å²) in [5.41, 5.74) is 1.40. The van der Waals surface area contributed by atoms with Crippen LogP contribution in [0.4, 0.5) is 24.5 Å². The molecule has 0 aliphatic carbocycles. The summed E-state index contributed by atoms with van der Waals surface area (Å²) in [6, 6.07) is 13.7. The molecule has 10 heteroatoms. The number of alkyl halides is 3. The number of anilines is 2. The Balaban J connectivity index is 2.00. The maximum atomic E-state index is 13.5. The van der Waals surface area contributed by atoms with Crippen molar-refractivity contribution < 1.29 is 26.4 Å². The monoisotopic (exact) mass is 510 g/mol. The van der Waals surface area contributed by atoms with E-state index in [1.165, 1.54) is 12.1 Å². The first-order valence-corrected chi connectivity index (χ1v) is 11.9. The van der Waals surface area contributed by atoms with E-state index >= 15 is 0 Å². The van der Waals surface area contributed by atoms with Crippen LogP contribution >= 0.6 is 11.6 Å². The van der Waals surface area contributed by atoms with Crippen molar-refractivity contribution >= 4 is 38.9 Å². The number of carbonyl (C=O) groups is 1. The van der Waals surface area contributed by atoms with Crippen LogP contribution in [-0.2, 0) is 21.0 Å². The normalized spacial score (nSPS) is 11.9. The molecular formula is C24H22ClF3N2O3S. The average Bonchev–Trinajstić information content (AvgIpc) is 2.72. The van der Waals surface area contributed by atoms with Gasteiger partial charge in [0, 0.05) is 0 Å². The predicted octanol–water partition coefficient (Wildman–Crippen LogP) is 6.12. The third-order valence-corrected chi connectivity index (χ3v) is 7.08. The highest BCUT2D eigenvalue weighted by Crippen LogP contribution is 2.34. The molecule has 3 aromatic rings. The number of amides is 1. The lowest BCUT2D eigenvalue weighted by Gasteiger charge is -2.25. The van der Waals surface area contributed by atoms with Gasteiger partial charge in [0.15, 0.2) is 0 Å². The molecule has 0 unspecified atom stereocenters. The third kappa shape index (κ3) is 5.90. The van der Waals surface area contributed by atoms with E-state index in [-0.39, 0.29) is 21.3 Å². The molecular weight excluding hydrogens is 489 g/mol. The van der Waals surface area contributed by atoms with Crippen LogP contribution in [0.25, 0.3) is 0 Å². The predicted molar refractivity (Wildman–Crippen MR) is 127 cm³/mol. The highest BCUT2D eigenvalue weighted by atomic mass is 35.5. The zero-order chi connectivity index (χ0) is 25.3. The molecule has 0 saturated carbocycles. The van der Waals surface area contributed by atoms with Crippen molar-refractivity contribution in [2.45, 2.75) is 31.8 Å². The van der Waals surface area contributed by atoms with Crippen molar-refractivity contribution in [3.63, 3.8) is 0 Å². The van der Waals surface area contributed by atoms with E-state index in [1.54, 1.807) is 38.1 Å². The molecule has 3 rings (SSSR count). The molecule has 0 fully saturated rings. The SMILES string of the molecule is Cc1ccc(S(=O)(=O)N(CC(=O)Nc2cc(C(F)(F)F)ccc2Cl)c2cc(C)cc(C)c2)cc1. The molecule has 0 atom stereocenters. The molecule has 0 spiro atoms. The van der Waals surface area contributed by atoms with Gasteiger partial charge < -0.3 is 5.32 Å². The van der Waals surface area contributed by atoms with Gasteiger partial charge in [-0.2, -0.15) is 13.2 Å². The number of nitrogens with one attached hydrogen (secondary N) is 1. The first-order valence-electron chi connectivity index (χ1n) is 10.1. The number of hydrogen-bond acceptors (Lipinski definition) is 3. The number of nitrogens with zero attached hydrogens (tertiary/aromatic N) is 1. The average molecular weight is 511 g/mol. The Morgan fingerprint density at radius 2 is 1.50 bits per heavy atom. The smallest absolute Gasteiger partial charge is 0.323 e. The van der Waals surface area contributed by atoms with Gasteiger partial charge in [-0.05, 0) is 74.4 Å². The molecule has 3 aromatic carbocycles. The Labute approximate surface area is 201 Å². The van der Waals surface area contributed by atoms with E-state index in [0.29, 0.717) is 6.07 Å². The molecule has 0 aliphatic heterocycles. The van der Waals surface area contributed by atoms with Gasteiger partial charge in [-0.3, -0.25) is 9.10 Å². The van der Waals surface area contributed by atoms with Gasteiger partial charge in [-0.15, -0.1) is 0 Å². The minimum absolute atomic E-state index is 0.0258. The Kier molecular flexibility index (Phi) is 7.28. The Hall–Kier alpha value is -3.04. The van der Waals surface area contributed by atoms with E-state index in [1.807, 2.05) is 13.0 Å². The number of halogens is 4. The quantitative estimate of drug-likeness (QED) is 0.434. The van der Waals surface area contributed by atoms with E-state index < -0.39 is 34.2 Å². The number of sulfonamides is 1. The second kappa shape index (κ2) is 9.68. The van der Waals surface area contributed by atoms with E-state index in [0.717, 1.165) is 33.1 Å². The van der Waals surface area contributed by atoms with Gasteiger partial charge >= 0.3 is 6.18 Å². The highest BCUT2D eigenvalue weighted by molar-refractivity contribution is 7.92. The number of hydrogen-bond donors (Lipinski definition) is 1. The van der Waals surface area contributed by atoms with Crippen molar-refractivity contribution in [2.24, 2.45) is 0 Å². The molecule has 0 radical (unpaired) electrons. The van der Waals surface area contributed by atoms with E-state index in [4.69, 9.17) is 11.6 Å². The molecule has 5 nitrogen and oxygen atoms in total. The summed E-state index contributed by atoms with van der Waals surface area (Å²) in [6.07, 6.45) is -4.63. The zero-order valence-corrected chi connectivity index (χ0v) is 20.1. The topological polar surface area (TPSA) is 66.5 Å². The van der Waals surface area contributed by atoms with Crippen LogP contribution in [0.3, 0.4) is 0 Å². The maximum Gasteiger partial charge on any atom is 0.416 e. The van der Waals surface area contributed by atoms with Gasteiger partial charge in [0.05, 0.1) is 26.9 Å². The fourth-order valence-electron chi connectivity index (χ4n) is 3.36. The molecule has 34 heavy (non-hydrogen) atoms. The van der Waals surface area contributed by atoms with Crippen molar-refractivity contribution in [1.82, 2.24) is 0 Å². The molecule has 0 bridgehead atoms. The minimum Gasteiger partial charge on any atom is -0.323 e. The molecule has 1 amide bonds. The van der Waals surface area contributed by atoms with Crippen LogP contribution in [-0.4, -0.2) is 20.9 Å². The van der Waals surface area contributed by atoms with Crippen LogP contribution in [0.15, 0.2) is 65.6 Å². The third-order valence-electron chi connectivity index (χ3n) is 4.96. The largest absolute Gasteiger partial charge is 0.416 e. The van der Waals surface area contributed by atoms with E-state index in [9.17, 15) is 26.4 Å². The Bertz CT molecular complexity index is 1300. The first-order chi connectivity index (χ1) is 15.8. The van der Waals surface area contributed by atoms with Crippen LogP contribution in [0.1, 0.15) is 22.3 Å². The second-order valence-corrected chi connectivity index (χ2v) is 10.2. The van der Waals surface area contributed by atoms with Crippen molar-refractivity contribution in [1.29, 1.82) is 0 Å². The lowest BCUT2D eigenvalue weighted by Crippen LogP contribution is -2.38. The fourth-order valence-corrected chi connectivity index (χ4v) is 4.93. The van der Waals surface area contributed by atoms with Crippen LogP contribution in [0.2, 0.25) is 5.02 Å². The zero-order valence-electron chi connectivity index (χ0n) is 18.6. The summed E-state index contributed by atoms with van der Waals surface area (Å²) in [5, 5.41) is 2.20. The molecule has 0 saturated heterocycles. The van der Waals surface area contributed by atoms with Crippen molar-refractivity contribution in [3.8, 4) is 0 Å².